The maximum absolute atomic E-state index is 11.7. The van der Waals surface area contributed by atoms with Gasteiger partial charge in [-0.1, -0.05) is 35.9 Å². The summed E-state index contributed by atoms with van der Waals surface area (Å²) < 4.78 is 0. The molecule has 2 rings (SSSR count). The maximum atomic E-state index is 11.7. The summed E-state index contributed by atoms with van der Waals surface area (Å²) in [6, 6.07) is 17.8. The molecule has 2 aromatic rings. The minimum absolute atomic E-state index is 0.0573. The summed E-state index contributed by atoms with van der Waals surface area (Å²) in [4.78, 5) is 11.7. The van der Waals surface area contributed by atoms with Gasteiger partial charge < -0.3 is 10.6 Å². The fourth-order valence-corrected chi connectivity index (χ4v) is 1.90. The van der Waals surface area contributed by atoms with E-state index in [-0.39, 0.29) is 5.91 Å². The largest absolute Gasteiger partial charge is 0.385 e. The average Bonchev–Trinajstić information content (AvgIpc) is 2.46. The van der Waals surface area contributed by atoms with Crippen LogP contribution in [0.2, 0.25) is 0 Å². The fourth-order valence-electron chi connectivity index (χ4n) is 1.90. The van der Waals surface area contributed by atoms with Gasteiger partial charge in [-0.05, 0) is 37.6 Å². The molecule has 0 spiro atoms. The van der Waals surface area contributed by atoms with Crippen molar-refractivity contribution in [2.45, 2.75) is 19.8 Å². The predicted octanol–water partition coefficient (Wildman–Crippen LogP) is 3.83. The lowest BCUT2D eigenvalue weighted by molar-refractivity contribution is -0.116. The first-order valence-electron chi connectivity index (χ1n) is 6.89. The number of carbonyl (C=O) groups is 1. The smallest absolute Gasteiger partial charge is 0.224 e. The number of nitrogens with one attached hydrogen (secondary N) is 2. The maximum Gasteiger partial charge on any atom is 0.224 e. The van der Waals surface area contributed by atoms with Crippen LogP contribution in [0.4, 0.5) is 11.4 Å². The molecule has 0 unspecified atom stereocenters. The number of benzene rings is 2. The van der Waals surface area contributed by atoms with Gasteiger partial charge in [0.05, 0.1) is 0 Å². The molecule has 20 heavy (non-hydrogen) atoms. The van der Waals surface area contributed by atoms with E-state index in [0.717, 1.165) is 24.3 Å². The molecule has 0 aliphatic carbocycles. The van der Waals surface area contributed by atoms with Gasteiger partial charge >= 0.3 is 0 Å². The molecular formula is C17H20N2O. The van der Waals surface area contributed by atoms with Crippen LogP contribution in [0.5, 0.6) is 0 Å². The zero-order valence-corrected chi connectivity index (χ0v) is 11.7. The normalized spacial score (nSPS) is 10.1. The van der Waals surface area contributed by atoms with Crippen LogP contribution >= 0.6 is 0 Å². The standard InChI is InChI=1S/C17H20N2O/c1-14-9-11-15(12-10-14)18-13-5-8-17(20)19-16-6-3-2-4-7-16/h2-4,6-7,9-12,18H,5,8,13H2,1H3,(H,19,20). The van der Waals surface area contributed by atoms with E-state index in [1.54, 1.807) is 0 Å². The van der Waals surface area contributed by atoms with Crippen molar-refractivity contribution in [3.63, 3.8) is 0 Å². The van der Waals surface area contributed by atoms with Crippen molar-refractivity contribution < 1.29 is 4.79 Å². The Morgan fingerprint density at radius 1 is 0.950 bits per heavy atom. The van der Waals surface area contributed by atoms with Gasteiger partial charge in [0.25, 0.3) is 0 Å². The van der Waals surface area contributed by atoms with Crippen molar-refractivity contribution in [3.8, 4) is 0 Å². The Bertz CT molecular complexity index is 535. The lowest BCUT2D eigenvalue weighted by Gasteiger charge is -2.07. The third kappa shape index (κ3) is 4.76. The molecule has 0 heterocycles. The summed E-state index contributed by atoms with van der Waals surface area (Å²) in [6.45, 7) is 2.86. The van der Waals surface area contributed by atoms with Gasteiger partial charge in [-0.2, -0.15) is 0 Å². The number of hydrogen-bond donors (Lipinski definition) is 2. The summed E-state index contributed by atoms with van der Waals surface area (Å²) in [5.74, 6) is 0.0573. The summed E-state index contributed by atoms with van der Waals surface area (Å²) >= 11 is 0. The second kappa shape index (κ2) is 7.34. The number of anilines is 2. The van der Waals surface area contributed by atoms with Crippen molar-refractivity contribution in [1.29, 1.82) is 0 Å². The molecule has 0 bridgehead atoms. The van der Waals surface area contributed by atoms with Gasteiger partial charge in [0.15, 0.2) is 0 Å². The van der Waals surface area contributed by atoms with Crippen molar-refractivity contribution >= 4 is 17.3 Å². The molecule has 0 aliphatic rings. The van der Waals surface area contributed by atoms with E-state index in [1.807, 2.05) is 30.3 Å². The van der Waals surface area contributed by atoms with E-state index in [2.05, 4.69) is 41.8 Å². The third-order valence-electron chi connectivity index (χ3n) is 3.02. The average molecular weight is 268 g/mol. The summed E-state index contributed by atoms with van der Waals surface area (Å²) in [6.07, 6.45) is 1.33. The van der Waals surface area contributed by atoms with E-state index in [0.29, 0.717) is 6.42 Å². The number of rotatable bonds is 6. The first-order chi connectivity index (χ1) is 9.74. The number of carbonyl (C=O) groups excluding carboxylic acids is 1. The quantitative estimate of drug-likeness (QED) is 0.782. The van der Waals surface area contributed by atoms with Crippen LogP contribution in [0.25, 0.3) is 0 Å². The van der Waals surface area contributed by atoms with Crippen LogP contribution in [-0.4, -0.2) is 12.5 Å². The van der Waals surface area contributed by atoms with Gasteiger partial charge in [-0.3, -0.25) is 4.79 Å². The predicted molar refractivity (Wildman–Crippen MR) is 84.0 cm³/mol. The molecule has 0 aliphatic heterocycles. The zero-order chi connectivity index (χ0) is 14.2. The van der Waals surface area contributed by atoms with Gasteiger partial charge in [-0.25, -0.2) is 0 Å². The van der Waals surface area contributed by atoms with Crippen LogP contribution in [0, 0.1) is 6.92 Å². The lowest BCUT2D eigenvalue weighted by Crippen LogP contribution is -2.13. The molecule has 0 saturated heterocycles. The highest BCUT2D eigenvalue weighted by atomic mass is 16.1. The van der Waals surface area contributed by atoms with Gasteiger partial charge in [0.1, 0.15) is 0 Å². The fraction of sp³-hybridized carbons (Fsp3) is 0.235. The van der Waals surface area contributed by atoms with Crippen LogP contribution in [-0.2, 0) is 4.79 Å². The second-order valence-electron chi connectivity index (χ2n) is 4.81. The topological polar surface area (TPSA) is 41.1 Å². The lowest BCUT2D eigenvalue weighted by atomic mass is 10.2. The van der Waals surface area contributed by atoms with E-state index < -0.39 is 0 Å². The minimum Gasteiger partial charge on any atom is -0.385 e. The van der Waals surface area contributed by atoms with E-state index >= 15 is 0 Å². The minimum atomic E-state index is 0.0573. The van der Waals surface area contributed by atoms with E-state index in [9.17, 15) is 4.79 Å². The molecule has 0 fully saturated rings. The number of para-hydroxylation sites is 1. The summed E-state index contributed by atoms with van der Waals surface area (Å²) in [7, 11) is 0. The molecule has 1 amide bonds. The highest BCUT2D eigenvalue weighted by molar-refractivity contribution is 5.90. The Labute approximate surface area is 120 Å². The Morgan fingerprint density at radius 2 is 1.65 bits per heavy atom. The SMILES string of the molecule is Cc1ccc(NCCCC(=O)Nc2ccccc2)cc1. The Balaban J connectivity index is 1.66. The highest BCUT2D eigenvalue weighted by Crippen LogP contribution is 2.09. The van der Waals surface area contributed by atoms with Gasteiger partial charge in [0.2, 0.25) is 5.91 Å². The molecule has 0 radical (unpaired) electrons. The Kier molecular flexibility index (Phi) is 5.18. The molecule has 0 atom stereocenters. The molecular weight excluding hydrogens is 248 g/mol. The first kappa shape index (κ1) is 14.1. The second-order valence-corrected chi connectivity index (χ2v) is 4.81. The summed E-state index contributed by atoms with van der Waals surface area (Å²) in [5.41, 5.74) is 3.20. The van der Waals surface area contributed by atoms with Gasteiger partial charge in [0, 0.05) is 24.3 Å². The third-order valence-corrected chi connectivity index (χ3v) is 3.02. The van der Waals surface area contributed by atoms with Crippen LogP contribution in [0.3, 0.4) is 0 Å². The van der Waals surface area contributed by atoms with Crippen molar-refractivity contribution in [2.75, 3.05) is 17.2 Å². The van der Waals surface area contributed by atoms with Crippen molar-refractivity contribution in [2.24, 2.45) is 0 Å². The van der Waals surface area contributed by atoms with E-state index in [4.69, 9.17) is 0 Å². The first-order valence-corrected chi connectivity index (χ1v) is 6.89. The molecule has 2 N–H and O–H groups in total. The monoisotopic (exact) mass is 268 g/mol. The molecule has 104 valence electrons. The molecule has 0 aromatic heterocycles. The Morgan fingerprint density at radius 3 is 2.35 bits per heavy atom. The van der Waals surface area contributed by atoms with Gasteiger partial charge in [-0.15, -0.1) is 0 Å². The van der Waals surface area contributed by atoms with E-state index in [1.165, 1.54) is 5.56 Å². The zero-order valence-electron chi connectivity index (χ0n) is 11.7. The Hall–Kier alpha value is -2.29. The van der Waals surface area contributed by atoms with Crippen LogP contribution in [0.15, 0.2) is 54.6 Å². The number of hydrogen-bond acceptors (Lipinski definition) is 2. The van der Waals surface area contributed by atoms with Crippen molar-refractivity contribution in [1.82, 2.24) is 0 Å². The number of aryl methyl sites for hydroxylation is 1. The van der Waals surface area contributed by atoms with Crippen molar-refractivity contribution in [3.05, 3.63) is 60.2 Å². The van der Waals surface area contributed by atoms with Crippen LogP contribution < -0.4 is 10.6 Å². The van der Waals surface area contributed by atoms with Crippen LogP contribution in [0.1, 0.15) is 18.4 Å². The molecule has 2 aromatic carbocycles. The summed E-state index contributed by atoms with van der Waals surface area (Å²) in [5, 5.41) is 6.19. The molecule has 3 nitrogen and oxygen atoms in total. The number of amides is 1. The highest BCUT2D eigenvalue weighted by Gasteiger charge is 2.01. The molecule has 0 saturated carbocycles. The molecule has 3 heteroatoms.